The third-order valence-corrected chi connectivity index (χ3v) is 6.11. The molecule has 0 aliphatic rings. The second-order valence-corrected chi connectivity index (χ2v) is 7.62. The van der Waals surface area contributed by atoms with Crippen molar-refractivity contribution in [3.05, 3.63) is 58.3 Å². The lowest BCUT2D eigenvalue weighted by atomic mass is 10.1. The highest BCUT2D eigenvalue weighted by molar-refractivity contribution is 7.89. The van der Waals surface area contributed by atoms with Gasteiger partial charge in [-0.25, -0.2) is 13.4 Å². The predicted molar refractivity (Wildman–Crippen MR) is 99.5 cm³/mol. The number of hydrogen-bond donors (Lipinski definition) is 1. The van der Waals surface area contributed by atoms with Crippen molar-refractivity contribution >= 4 is 21.5 Å². The first-order chi connectivity index (χ1) is 12.3. The molecule has 0 aliphatic heterocycles. The number of pyridine rings is 1. The molecular formula is C17H22N4O4S. The molecule has 9 heteroatoms. The minimum Gasteiger partial charge on any atom is -0.364 e. The third kappa shape index (κ3) is 4.36. The molecule has 0 radical (unpaired) electrons. The van der Waals surface area contributed by atoms with Crippen LogP contribution in [0.2, 0.25) is 0 Å². The van der Waals surface area contributed by atoms with Crippen LogP contribution in [-0.4, -0.2) is 35.7 Å². The number of sulfonamides is 1. The first-order valence-electron chi connectivity index (χ1n) is 8.26. The van der Waals surface area contributed by atoms with Crippen molar-refractivity contribution in [2.24, 2.45) is 0 Å². The third-order valence-electron chi connectivity index (χ3n) is 4.05. The number of hydrogen-bond acceptors (Lipinski definition) is 6. The molecule has 0 saturated carbocycles. The quantitative estimate of drug-likeness (QED) is 0.558. The molecule has 0 fully saturated rings. The largest absolute Gasteiger partial charge is 0.364 e. The summed E-state index contributed by atoms with van der Waals surface area (Å²) in [7, 11) is -3.48. The van der Waals surface area contributed by atoms with Crippen LogP contribution in [-0.2, 0) is 10.0 Å². The van der Waals surface area contributed by atoms with Crippen molar-refractivity contribution in [3.8, 4) is 0 Å². The maximum absolute atomic E-state index is 12.5. The Bertz CT molecular complexity index is 847. The standard InChI is InChI=1S/C17H22N4O4S/c1-4-20(5-2)26(24,25)16-9-6-14(7-10-16)13(3)19-17-11-8-15(12-18-17)21(22)23/h6-13H,4-5H2,1-3H3,(H,18,19). The average molecular weight is 378 g/mol. The number of rotatable bonds is 8. The van der Waals surface area contributed by atoms with E-state index in [1.54, 1.807) is 38.1 Å². The van der Waals surface area contributed by atoms with Crippen molar-refractivity contribution in [2.45, 2.75) is 31.7 Å². The van der Waals surface area contributed by atoms with Crippen LogP contribution in [0.25, 0.3) is 0 Å². The molecule has 8 nitrogen and oxygen atoms in total. The molecule has 0 aliphatic carbocycles. The molecule has 0 bridgehead atoms. The van der Waals surface area contributed by atoms with Gasteiger partial charge in [0.1, 0.15) is 12.0 Å². The number of nitro groups is 1. The van der Waals surface area contributed by atoms with Gasteiger partial charge in [-0.15, -0.1) is 0 Å². The Morgan fingerprint density at radius 1 is 1.15 bits per heavy atom. The maximum Gasteiger partial charge on any atom is 0.287 e. The molecule has 1 N–H and O–H groups in total. The van der Waals surface area contributed by atoms with E-state index in [1.807, 2.05) is 6.92 Å². The molecular weight excluding hydrogens is 356 g/mol. The van der Waals surface area contributed by atoms with Gasteiger partial charge >= 0.3 is 0 Å². The van der Waals surface area contributed by atoms with Gasteiger partial charge in [0.15, 0.2) is 0 Å². The van der Waals surface area contributed by atoms with Gasteiger partial charge in [-0.05, 0) is 30.7 Å². The molecule has 0 amide bonds. The molecule has 26 heavy (non-hydrogen) atoms. The first kappa shape index (κ1) is 19.8. The van der Waals surface area contributed by atoms with Gasteiger partial charge in [-0.1, -0.05) is 26.0 Å². The summed E-state index contributed by atoms with van der Waals surface area (Å²) in [5, 5.41) is 13.8. The summed E-state index contributed by atoms with van der Waals surface area (Å²) in [6.07, 6.45) is 1.19. The molecule has 0 saturated heterocycles. The Morgan fingerprint density at radius 3 is 2.23 bits per heavy atom. The van der Waals surface area contributed by atoms with E-state index in [2.05, 4.69) is 10.3 Å². The predicted octanol–water partition coefficient (Wildman–Crippen LogP) is 3.19. The van der Waals surface area contributed by atoms with Crippen LogP contribution in [0.1, 0.15) is 32.4 Å². The Kier molecular flexibility index (Phi) is 6.27. The summed E-state index contributed by atoms with van der Waals surface area (Å²) in [5.74, 6) is 0.503. The van der Waals surface area contributed by atoms with E-state index in [0.717, 1.165) is 5.56 Å². The molecule has 2 aromatic rings. The molecule has 1 heterocycles. The SMILES string of the molecule is CCN(CC)S(=O)(=O)c1ccc(C(C)Nc2ccc([N+](=O)[O-])cn2)cc1. The van der Waals surface area contributed by atoms with E-state index in [1.165, 1.54) is 22.6 Å². The van der Waals surface area contributed by atoms with Gasteiger partial charge in [0, 0.05) is 25.2 Å². The van der Waals surface area contributed by atoms with E-state index >= 15 is 0 Å². The van der Waals surface area contributed by atoms with Gasteiger partial charge in [0.2, 0.25) is 10.0 Å². The van der Waals surface area contributed by atoms with E-state index in [0.29, 0.717) is 18.9 Å². The van der Waals surface area contributed by atoms with Crippen LogP contribution < -0.4 is 5.32 Å². The van der Waals surface area contributed by atoms with Gasteiger partial charge < -0.3 is 5.32 Å². The molecule has 0 spiro atoms. The second-order valence-electron chi connectivity index (χ2n) is 5.68. The number of nitrogens with zero attached hydrogens (tertiary/aromatic N) is 3. The van der Waals surface area contributed by atoms with Crippen LogP contribution >= 0.6 is 0 Å². The second kappa shape index (κ2) is 8.24. The molecule has 1 aromatic heterocycles. The fourth-order valence-corrected chi connectivity index (χ4v) is 3.98. The molecule has 140 valence electrons. The minimum absolute atomic E-state index is 0.0748. The van der Waals surface area contributed by atoms with Crippen molar-refractivity contribution < 1.29 is 13.3 Å². The fourth-order valence-electron chi connectivity index (χ4n) is 2.53. The zero-order valence-electron chi connectivity index (χ0n) is 14.9. The lowest BCUT2D eigenvalue weighted by molar-refractivity contribution is -0.385. The first-order valence-corrected chi connectivity index (χ1v) is 9.70. The van der Waals surface area contributed by atoms with E-state index < -0.39 is 14.9 Å². The van der Waals surface area contributed by atoms with Crippen molar-refractivity contribution in [3.63, 3.8) is 0 Å². The Labute approximate surface area is 153 Å². The van der Waals surface area contributed by atoms with Gasteiger partial charge in [0.25, 0.3) is 5.69 Å². The highest BCUT2D eigenvalue weighted by atomic mass is 32.2. The monoisotopic (exact) mass is 378 g/mol. The van der Waals surface area contributed by atoms with Gasteiger partial charge in [0.05, 0.1) is 9.82 Å². The van der Waals surface area contributed by atoms with E-state index in [-0.39, 0.29) is 16.6 Å². The highest BCUT2D eigenvalue weighted by Crippen LogP contribution is 2.22. The van der Waals surface area contributed by atoms with Gasteiger partial charge in [-0.3, -0.25) is 10.1 Å². The Hall–Kier alpha value is -2.52. The number of anilines is 1. The number of nitrogens with one attached hydrogen (secondary N) is 1. The van der Waals surface area contributed by atoms with Crippen LogP contribution in [0, 0.1) is 10.1 Å². The lowest BCUT2D eigenvalue weighted by Gasteiger charge is -2.19. The maximum atomic E-state index is 12.5. The smallest absolute Gasteiger partial charge is 0.287 e. The zero-order chi connectivity index (χ0) is 19.3. The summed E-state index contributed by atoms with van der Waals surface area (Å²) in [6.45, 7) is 6.35. The number of benzene rings is 1. The normalized spacial score (nSPS) is 12.8. The van der Waals surface area contributed by atoms with Crippen molar-refractivity contribution in [2.75, 3.05) is 18.4 Å². The summed E-state index contributed by atoms with van der Waals surface area (Å²) >= 11 is 0. The summed E-state index contributed by atoms with van der Waals surface area (Å²) < 4.78 is 26.4. The minimum atomic E-state index is -3.48. The lowest BCUT2D eigenvalue weighted by Crippen LogP contribution is -2.30. The molecule has 1 aromatic carbocycles. The summed E-state index contributed by atoms with van der Waals surface area (Å²) in [4.78, 5) is 14.4. The molecule has 2 rings (SSSR count). The van der Waals surface area contributed by atoms with Crippen LogP contribution in [0.3, 0.4) is 0 Å². The molecule has 1 atom stereocenters. The van der Waals surface area contributed by atoms with Crippen LogP contribution in [0.15, 0.2) is 47.5 Å². The van der Waals surface area contributed by atoms with Crippen molar-refractivity contribution in [1.82, 2.24) is 9.29 Å². The topological polar surface area (TPSA) is 105 Å². The molecule has 1 unspecified atom stereocenters. The van der Waals surface area contributed by atoms with Crippen LogP contribution in [0.5, 0.6) is 0 Å². The van der Waals surface area contributed by atoms with E-state index in [4.69, 9.17) is 0 Å². The fraction of sp³-hybridized carbons (Fsp3) is 0.353. The highest BCUT2D eigenvalue weighted by Gasteiger charge is 2.21. The summed E-state index contributed by atoms with van der Waals surface area (Å²) in [5.41, 5.74) is 0.804. The zero-order valence-corrected chi connectivity index (χ0v) is 15.7. The Balaban J connectivity index is 2.13. The van der Waals surface area contributed by atoms with E-state index in [9.17, 15) is 18.5 Å². The summed E-state index contributed by atoms with van der Waals surface area (Å²) in [6, 6.07) is 9.44. The average Bonchev–Trinajstić information content (AvgIpc) is 2.63. The van der Waals surface area contributed by atoms with Crippen molar-refractivity contribution in [1.29, 1.82) is 0 Å². The number of aromatic nitrogens is 1. The van der Waals surface area contributed by atoms with Crippen LogP contribution in [0.4, 0.5) is 11.5 Å². The Morgan fingerprint density at radius 2 is 1.77 bits per heavy atom. The van der Waals surface area contributed by atoms with Gasteiger partial charge in [-0.2, -0.15) is 4.31 Å².